The van der Waals surface area contributed by atoms with E-state index in [2.05, 4.69) is 17.4 Å². The second-order valence-electron chi connectivity index (χ2n) is 5.83. The highest BCUT2D eigenvalue weighted by Gasteiger charge is 2.32. The van der Waals surface area contributed by atoms with Gasteiger partial charge in [0, 0.05) is 38.3 Å². The lowest BCUT2D eigenvalue weighted by molar-refractivity contribution is -0.134. The van der Waals surface area contributed by atoms with Crippen LogP contribution in [-0.2, 0) is 16.0 Å². The smallest absolute Gasteiger partial charge is 0.227 e. The number of amides is 1. The van der Waals surface area contributed by atoms with Crippen LogP contribution >= 0.6 is 0 Å². The van der Waals surface area contributed by atoms with Crippen LogP contribution in [-0.4, -0.2) is 44.2 Å². The van der Waals surface area contributed by atoms with Crippen LogP contribution in [0.15, 0.2) is 24.3 Å². The molecule has 0 aliphatic carbocycles. The van der Waals surface area contributed by atoms with Crippen LogP contribution in [0, 0.1) is 11.8 Å². The minimum atomic E-state index is 0.0752. The van der Waals surface area contributed by atoms with E-state index in [0.29, 0.717) is 11.8 Å². The second-order valence-corrected chi connectivity index (χ2v) is 5.83. The summed E-state index contributed by atoms with van der Waals surface area (Å²) in [4.78, 5) is 14.6. The van der Waals surface area contributed by atoms with Crippen molar-refractivity contribution in [3.8, 4) is 0 Å². The summed E-state index contributed by atoms with van der Waals surface area (Å²) in [6.45, 7) is 3.24. The fourth-order valence-electron chi connectivity index (χ4n) is 3.28. The van der Waals surface area contributed by atoms with Gasteiger partial charge in [-0.3, -0.25) is 4.79 Å². The maximum Gasteiger partial charge on any atom is 0.227 e. The highest BCUT2D eigenvalue weighted by molar-refractivity contribution is 5.81. The second kappa shape index (κ2) is 5.83. The Hall–Kier alpha value is -1.55. The first-order valence-corrected chi connectivity index (χ1v) is 7.37. The standard InChI is InChI=1S/C16H22N2O2/c1-20-11-12-6-7-18(10-12)16(19)14-8-13-4-2-3-5-15(13)17-9-14/h2-5,12,14,17H,6-11H2,1H3. The number of ether oxygens (including phenoxy) is 1. The number of carbonyl (C=O) groups excluding carboxylic acids is 1. The monoisotopic (exact) mass is 274 g/mol. The normalized spacial score (nSPS) is 25.1. The summed E-state index contributed by atoms with van der Waals surface area (Å²) in [5.74, 6) is 0.879. The van der Waals surface area contributed by atoms with Crippen molar-refractivity contribution < 1.29 is 9.53 Å². The number of fused-ring (bicyclic) bond motifs is 1. The molecule has 0 saturated carbocycles. The van der Waals surface area contributed by atoms with Gasteiger partial charge in [-0.15, -0.1) is 0 Å². The Balaban J connectivity index is 1.62. The van der Waals surface area contributed by atoms with E-state index in [1.165, 1.54) is 11.3 Å². The van der Waals surface area contributed by atoms with Crippen LogP contribution in [0.5, 0.6) is 0 Å². The molecule has 1 saturated heterocycles. The zero-order chi connectivity index (χ0) is 13.9. The minimum absolute atomic E-state index is 0.0752. The number of benzene rings is 1. The Morgan fingerprint density at radius 1 is 1.45 bits per heavy atom. The number of carbonyl (C=O) groups is 1. The Morgan fingerprint density at radius 3 is 3.15 bits per heavy atom. The van der Waals surface area contributed by atoms with Crippen molar-refractivity contribution in [1.82, 2.24) is 4.90 Å². The zero-order valence-electron chi connectivity index (χ0n) is 12.0. The molecule has 1 amide bonds. The van der Waals surface area contributed by atoms with Gasteiger partial charge in [0.1, 0.15) is 0 Å². The number of para-hydroxylation sites is 1. The summed E-state index contributed by atoms with van der Waals surface area (Å²) in [6, 6.07) is 8.27. The Kier molecular flexibility index (Phi) is 3.92. The Labute approximate surface area is 120 Å². The minimum Gasteiger partial charge on any atom is -0.384 e. The molecule has 0 aromatic heterocycles. The fourth-order valence-corrected chi connectivity index (χ4v) is 3.28. The molecule has 20 heavy (non-hydrogen) atoms. The van der Waals surface area contributed by atoms with Gasteiger partial charge < -0.3 is 15.0 Å². The van der Waals surface area contributed by atoms with Crippen molar-refractivity contribution in [1.29, 1.82) is 0 Å². The molecule has 1 N–H and O–H groups in total. The lowest BCUT2D eigenvalue weighted by Gasteiger charge is -2.29. The topological polar surface area (TPSA) is 41.6 Å². The summed E-state index contributed by atoms with van der Waals surface area (Å²) in [5.41, 5.74) is 2.43. The van der Waals surface area contributed by atoms with Gasteiger partial charge in [0.05, 0.1) is 12.5 Å². The third-order valence-electron chi connectivity index (χ3n) is 4.37. The van der Waals surface area contributed by atoms with E-state index >= 15 is 0 Å². The van der Waals surface area contributed by atoms with Crippen molar-refractivity contribution in [3.63, 3.8) is 0 Å². The summed E-state index contributed by atoms with van der Waals surface area (Å²) in [6.07, 6.45) is 1.92. The van der Waals surface area contributed by atoms with Crippen LogP contribution < -0.4 is 5.32 Å². The summed E-state index contributed by atoms with van der Waals surface area (Å²) in [5, 5.41) is 3.38. The number of anilines is 1. The van der Waals surface area contributed by atoms with E-state index in [4.69, 9.17) is 4.74 Å². The van der Waals surface area contributed by atoms with Crippen molar-refractivity contribution >= 4 is 11.6 Å². The predicted molar refractivity (Wildman–Crippen MR) is 78.7 cm³/mol. The first kappa shape index (κ1) is 13.4. The molecule has 1 fully saturated rings. The molecular formula is C16H22N2O2. The quantitative estimate of drug-likeness (QED) is 0.913. The highest BCUT2D eigenvalue weighted by atomic mass is 16.5. The van der Waals surface area contributed by atoms with Crippen LogP contribution in [0.1, 0.15) is 12.0 Å². The molecule has 4 heteroatoms. The number of nitrogens with one attached hydrogen (secondary N) is 1. The van der Waals surface area contributed by atoms with Crippen molar-refractivity contribution in [3.05, 3.63) is 29.8 Å². The first-order chi connectivity index (χ1) is 9.78. The number of rotatable bonds is 3. The largest absolute Gasteiger partial charge is 0.384 e. The molecule has 0 spiro atoms. The molecule has 1 aromatic carbocycles. The van der Waals surface area contributed by atoms with E-state index in [1.807, 2.05) is 17.0 Å². The maximum atomic E-state index is 12.6. The molecule has 2 atom stereocenters. The van der Waals surface area contributed by atoms with Gasteiger partial charge in [-0.05, 0) is 24.5 Å². The number of likely N-dealkylation sites (tertiary alicyclic amines) is 1. The van der Waals surface area contributed by atoms with Crippen molar-refractivity contribution in [2.75, 3.05) is 38.7 Å². The molecule has 2 aliphatic rings. The highest BCUT2D eigenvalue weighted by Crippen LogP contribution is 2.27. The van der Waals surface area contributed by atoms with Gasteiger partial charge in [0.15, 0.2) is 0 Å². The average Bonchev–Trinajstić information content (AvgIpc) is 2.95. The Bertz CT molecular complexity index is 489. The number of methoxy groups -OCH3 is 1. The molecule has 2 heterocycles. The lowest BCUT2D eigenvalue weighted by atomic mass is 9.93. The SMILES string of the molecule is COCC1CCN(C(=O)C2CNc3ccccc3C2)C1. The first-order valence-electron chi connectivity index (χ1n) is 7.37. The van der Waals surface area contributed by atoms with Crippen molar-refractivity contribution in [2.24, 2.45) is 11.8 Å². The zero-order valence-corrected chi connectivity index (χ0v) is 12.0. The van der Waals surface area contributed by atoms with E-state index in [-0.39, 0.29) is 5.92 Å². The third kappa shape index (κ3) is 2.66. The lowest BCUT2D eigenvalue weighted by Crippen LogP contribution is -2.40. The van der Waals surface area contributed by atoms with Crippen molar-refractivity contribution in [2.45, 2.75) is 12.8 Å². The van der Waals surface area contributed by atoms with E-state index < -0.39 is 0 Å². The molecule has 0 bridgehead atoms. The fraction of sp³-hybridized carbons (Fsp3) is 0.562. The number of hydrogen-bond acceptors (Lipinski definition) is 3. The van der Waals surface area contributed by atoms with E-state index in [0.717, 1.165) is 39.1 Å². The summed E-state index contributed by atoms with van der Waals surface area (Å²) < 4.78 is 5.20. The molecule has 2 unspecified atom stereocenters. The Morgan fingerprint density at radius 2 is 2.30 bits per heavy atom. The molecule has 3 rings (SSSR count). The van der Waals surface area contributed by atoms with E-state index in [9.17, 15) is 4.79 Å². The molecule has 1 aromatic rings. The van der Waals surface area contributed by atoms with Crippen LogP contribution in [0.2, 0.25) is 0 Å². The van der Waals surface area contributed by atoms with Gasteiger partial charge in [0.2, 0.25) is 5.91 Å². The number of hydrogen-bond donors (Lipinski definition) is 1. The van der Waals surface area contributed by atoms with Gasteiger partial charge in [-0.1, -0.05) is 18.2 Å². The molecule has 108 valence electrons. The molecule has 0 radical (unpaired) electrons. The summed E-state index contributed by atoms with van der Waals surface area (Å²) in [7, 11) is 1.73. The summed E-state index contributed by atoms with van der Waals surface area (Å²) >= 11 is 0. The van der Waals surface area contributed by atoms with Gasteiger partial charge in [-0.2, -0.15) is 0 Å². The third-order valence-corrected chi connectivity index (χ3v) is 4.37. The average molecular weight is 274 g/mol. The predicted octanol–water partition coefficient (Wildman–Crippen LogP) is 1.77. The molecular weight excluding hydrogens is 252 g/mol. The van der Waals surface area contributed by atoms with E-state index in [1.54, 1.807) is 7.11 Å². The van der Waals surface area contributed by atoms with Crippen LogP contribution in [0.4, 0.5) is 5.69 Å². The number of nitrogens with zero attached hydrogens (tertiary/aromatic N) is 1. The van der Waals surface area contributed by atoms with Crippen LogP contribution in [0.25, 0.3) is 0 Å². The maximum absolute atomic E-state index is 12.6. The van der Waals surface area contributed by atoms with Gasteiger partial charge in [0.25, 0.3) is 0 Å². The van der Waals surface area contributed by atoms with Gasteiger partial charge >= 0.3 is 0 Å². The van der Waals surface area contributed by atoms with Gasteiger partial charge in [-0.25, -0.2) is 0 Å². The molecule has 2 aliphatic heterocycles. The molecule has 4 nitrogen and oxygen atoms in total. The van der Waals surface area contributed by atoms with Crippen LogP contribution in [0.3, 0.4) is 0 Å².